The van der Waals surface area contributed by atoms with E-state index < -0.39 is 0 Å². The molecular formula is C69H45NOS. The Balaban J connectivity index is 1.08. The van der Waals surface area contributed by atoms with Crippen molar-refractivity contribution in [1.82, 2.24) is 0 Å². The van der Waals surface area contributed by atoms with E-state index in [1.807, 2.05) is 11.3 Å². The summed E-state index contributed by atoms with van der Waals surface area (Å²) in [6.07, 6.45) is 0. The van der Waals surface area contributed by atoms with Gasteiger partial charge in [0.25, 0.3) is 0 Å². The van der Waals surface area contributed by atoms with Crippen LogP contribution in [0.15, 0.2) is 237 Å². The molecular weight excluding hydrogens is 891 g/mol. The summed E-state index contributed by atoms with van der Waals surface area (Å²) < 4.78 is 9.29. The molecule has 2 heterocycles. The largest absolute Gasteiger partial charge is 0.456 e. The van der Waals surface area contributed by atoms with Gasteiger partial charge in [0.1, 0.15) is 11.5 Å². The lowest BCUT2D eigenvalue weighted by Gasteiger charge is -2.29. The van der Waals surface area contributed by atoms with Crippen molar-refractivity contribution in [2.45, 2.75) is 19.3 Å². The van der Waals surface area contributed by atoms with Gasteiger partial charge < -0.3 is 9.64 Å². The minimum absolute atomic E-state index is 0.187. The molecule has 0 saturated heterocycles. The van der Waals surface area contributed by atoms with Gasteiger partial charge in [-0.25, -0.2) is 0 Å². The second kappa shape index (κ2) is 15.6. The molecule has 15 rings (SSSR count). The molecule has 2 nitrogen and oxygen atoms in total. The smallest absolute Gasteiger partial charge is 0.135 e. The molecule has 0 fully saturated rings. The minimum Gasteiger partial charge on any atom is -0.456 e. The Labute approximate surface area is 421 Å². The number of ether oxygens (including phenoxy) is 1. The number of hydrogen-bond donors (Lipinski definition) is 0. The Morgan fingerprint density at radius 3 is 1.40 bits per heavy atom. The van der Waals surface area contributed by atoms with Crippen LogP contribution in [0.25, 0.3) is 107 Å². The minimum atomic E-state index is -0.187. The Morgan fingerprint density at radius 2 is 0.736 bits per heavy atom. The van der Waals surface area contributed by atoms with Gasteiger partial charge in [0.15, 0.2) is 0 Å². The highest BCUT2D eigenvalue weighted by Gasteiger charge is 2.36. The molecule has 0 N–H and O–H groups in total. The third-order valence-electron chi connectivity index (χ3n) is 15.7. The maximum absolute atomic E-state index is 6.70. The molecule has 0 amide bonds. The third-order valence-corrected chi connectivity index (χ3v) is 16.8. The van der Waals surface area contributed by atoms with Crippen LogP contribution in [0, 0.1) is 0 Å². The predicted molar refractivity (Wildman–Crippen MR) is 308 cm³/mol. The number of anilines is 3. The number of benzene rings is 11. The SMILES string of the molecule is CC1(C)c2ccccc2-c2ccc(N(c3ccc4c(c3)-c3ccccc3Oc3ccccc3-4)c3ccc4c(c3)c3ccccc3c3ccccc3c3ccccc3c3cc5sc6ccccc6c5cc43)cc21. The lowest BCUT2D eigenvalue weighted by molar-refractivity contribution is 0.488. The summed E-state index contributed by atoms with van der Waals surface area (Å²) in [5.41, 5.74) is 12.8. The number of nitrogens with zero attached hydrogens (tertiary/aromatic N) is 1. The third kappa shape index (κ3) is 6.08. The number of para-hydroxylation sites is 2. The summed E-state index contributed by atoms with van der Waals surface area (Å²) in [7, 11) is 0. The molecule has 0 radical (unpaired) electrons. The van der Waals surface area contributed by atoms with E-state index in [0.717, 1.165) is 50.8 Å². The molecule has 0 bridgehead atoms. The average molecular weight is 936 g/mol. The number of fused-ring (bicyclic) bond motifs is 21. The van der Waals surface area contributed by atoms with Gasteiger partial charge in [-0.1, -0.05) is 184 Å². The number of rotatable bonds is 3. The van der Waals surface area contributed by atoms with Crippen molar-refractivity contribution in [3.8, 4) is 44.9 Å². The highest BCUT2D eigenvalue weighted by Crippen LogP contribution is 2.53. The summed E-state index contributed by atoms with van der Waals surface area (Å²) in [6, 6.07) is 88.0. The van der Waals surface area contributed by atoms with Gasteiger partial charge in [-0.05, 0) is 154 Å². The predicted octanol–water partition coefficient (Wildman–Crippen LogP) is 20.2. The van der Waals surface area contributed by atoms with Crippen LogP contribution in [0.3, 0.4) is 0 Å². The normalized spacial score (nSPS) is 13.1. The highest BCUT2D eigenvalue weighted by atomic mass is 32.1. The molecule has 338 valence electrons. The Hall–Kier alpha value is -8.76. The fourth-order valence-corrected chi connectivity index (χ4v) is 13.4. The van der Waals surface area contributed by atoms with Crippen molar-refractivity contribution in [2.24, 2.45) is 0 Å². The molecule has 13 aromatic rings. The van der Waals surface area contributed by atoms with Crippen LogP contribution >= 0.6 is 11.3 Å². The fraction of sp³-hybridized carbons (Fsp3) is 0.0435. The first-order chi connectivity index (χ1) is 35.5. The van der Waals surface area contributed by atoms with Crippen LogP contribution < -0.4 is 9.64 Å². The van der Waals surface area contributed by atoms with E-state index in [9.17, 15) is 0 Å². The quantitative estimate of drug-likeness (QED) is 0.175. The van der Waals surface area contributed by atoms with Gasteiger partial charge in [-0.2, -0.15) is 0 Å². The van der Waals surface area contributed by atoms with Crippen LogP contribution in [0.1, 0.15) is 25.0 Å². The number of hydrogen-bond acceptors (Lipinski definition) is 3. The molecule has 0 atom stereocenters. The second-order valence-electron chi connectivity index (χ2n) is 19.9. The molecule has 3 heteroatoms. The van der Waals surface area contributed by atoms with Crippen LogP contribution in [-0.2, 0) is 5.41 Å². The lowest BCUT2D eigenvalue weighted by Crippen LogP contribution is -2.16. The van der Waals surface area contributed by atoms with Gasteiger partial charge in [0.2, 0.25) is 0 Å². The van der Waals surface area contributed by atoms with Crippen molar-refractivity contribution < 1.29 is 4.74 Å². The van der Waals surface area contributed by atoms with Crippen molar-refractivity contribution >= 4 is 102 Å². The Morgan fingerprint density at radius 1 is 0.292 bits per heavy atom. The Kier molecular flexibility index (Phi) is 8.91. The van der Waals surface area contributed by atoms with E-state index in [0.29, 0.717) is 0 Å². The summed E-state index contributed by atoms with van der Waals surface area (Å²) >= 11 is 1.88. The average Bonchev–Trinajstić information content (AvgIpc) is 3.85. The summed E-state index contributed by atoms with van der Waals surface area (Å²) in [6.45, 7) is 4.75. The first-order valence-electron chi connectivity index (χ1n) is 24.9. The van der Waals surface area contributed by atoms with E-state index in [1.165, 1.54) is 96.3 Å². The zero-order valence-corrected chi connectivity index (χ0v) is 40.6. The van der Waals surface area contributed by atoms with Crippen molar-refractivity contribution in [2.75, 3.05) is 4.90 Å². The fourth-order valence-electron chi connectivity index (χ4n) is 12.3. The maximum atomic E-state index is 6.70. The van der Waals surface area contributed by atoms with Crippen LogP contribution in [-0.4, -0.2) is 0 Å². The zero-order valence-electron chi connectivity index (χ0n) is 39.8. The van der Waals surface area contributed by atoms with Gasteiger partial charge in [0, 0.05) is 53.8 Å². The monoisotopic (exact) mass is 935 g/mol. The molecule has 72 heavy (non-hydrogen) atoms. The van der Waals surface area contributed by atoms with E-state index in [4.69, 9.17) is 4.74 Å². The lowest BCUT2D eigenvalue weighted by atomic mass is 9.82. The van der Waals surface area contributed by atoms with E-state index >= 15 is 0 Å². The van der Waals surface area contributed by atoms with Gasteiger partial charge in [0.05, 0.1) is 0 Å². The van der Waals surface area contributed by atoms with Gasteiger partial charge in [-0.15, -0.1) is 11.3 Å². The first-order valence-corrected chi connectivity index (χ1v) is 25.7. The summed E-state index contributed by atoms with van der Waals surface area (Å²) in [5, 5.41) is 14.7. The standard InChI is InChI=1S/C69H45NOS/c1-69(2)63-27-13-9-23-53(63)54-36-33-44(39-64(54)69)70(43-31-34-51-55-24-10-14-28-65(55)71-66-29-15-11-25-56(66)59(51)38-43)42-32-35-52-58(37-42)49-21-7-5-19-47(49)45-17-3-4-18-46(45)48-20-6-8-22-50(48)61-41-68-62(40-60(52)61)57-26-12-16-30-67(57)72-68/h3-41H,1-2H3. The van der Waals surface area contributed by atoms with Crippen LogP contribution in [0.5, 0.6) is 11.5 Å². The zero-order chi connectivity index (χ0) is 47.7. The van der Waals surface area contributed by atoms with Gasteiger partial charge in [-0.3, -0.25) is 0 Å². The van der Waals surface area contributed by atoms with Gasteiger partial charge >= 0.3 is 0 Å². The topological polar surface area (TPSA) is 12.5 Å². The summed E-state index contributed by atoms with van der Waals surface area (Å²) in [4.78, 5) is 2.49. The van der Waals surface area contributed by atoms with Crippen molar-refractivity contribution in [3.05, 3.63) is 248 Å². The van der Waals surface area contributed by atoms with Crippen molar-refractivity contribution in [3.63, 3.8) is 0 Å². The second-order valence-corrected chi connectivity index (χ2v) is 21.0. The van der Waals surface area contributed by atoms with Crippen LogP contribution in [0.2, 0.25) is 0 Å². The molecule has 1 aliphatic carbocycles. The van der Waals surface area contributed by atoms with E-state index in [2.05, 4.69) is 255 Å². The van der Waals surface area contributed by atoms with E-state index in [-0.39, 0.29) is 5.41 Å². The maximum Gasteiger partial charge on any atom is 0.135 e. The summed E-state index contributed by atoms with van der Waals surface area (Å²) in [5.74, 6) is 1.71. The molecule has 1 aromatic heterocycles. The molecule has 0 unspecified atom stereocenters. The molecule has 1 aliphatic heterocycles. The van der Waals surface area contributed by atoms with Crippen LogP contribution in [0.4, 0.5) is 17.1 Å². The first kappa shape index (κ1) is 41.1. The molecule has 0 spiro atoms. The molecule has 12 aromatic carbocycles. The molecule has 2 aliphatic rings. The van der Waals surface area contributed by atoms with E-state index in [1.54, 1.807) is 0 Å². The van der Waals surface area contributed by atoms with Crippen molar-refractivity contribution in [1.29, 1.82) is 0 Å². The highest BCUT2D eigenvalue weighted by molar-refractivity contribution is 7.25. The Bertz CT molecular complexity index is 4540. The molecule has 0 saturated carbocycles. The number of thiophene rings is 1.